The van der Waals surface area contributed by atoms with Crippen molar-refractivity contribution >= 4 is 22.6 Å². The van der Waals surface area contributed by atoms with E-state index in [-0.39, 0.29) is 24.0 Å². The molecular weight excluding hydrogens is 331 g/mol. The number of halogens is 1. The van der Waals surface area contributed by atoms with E-state index >= 15 is 0 Å². The lowest BCUT2D eigenvalue weighted by Crippen LogP contribution is -2.45. The topological polar surface area (TPSA) is 42.4 Å². The Hall–Kier alpha value is -2.43. The highest BCUT2D eigenvalue weighted by atomic mass is 19.1. The molecule has 1 aromatic heterocycles. The number of nitrogens with zero attached hydrogens (tertiary/aromatic N) is 2. The number of ether oxygens (including phenoxy) is 1. The van der Waals surface area contributed by atoms with Gasteiger partial charge in [-0.05, 0) is 75.4 Å². The molecule has 2 aliphatic rings. The second kappa shape index (κ2) is 6.08. The predicted molar refractivity (Wildman–Crippen MR) is 99.2 cm³/mol. The maximum absolute atomic E-state index is 13.8. The van der Waals surface area contributed by atoms with Crippen LogP contribution in [0.2, 0.25) is 0 Å². The zero-order valence-electron chi connectivity index (χ0n) is 15.3. The Balaban J connectivity index is 1.68. The minimum atomic E-state index is -0.501. The lowest BCUT2D eigenvalue weighted by atomic mass is 9.93. The highest BCUT2D eigenvalue weighted by Crippen LogP contribution is 2.40. The van der Waals surface area contributed by atoms with Crippen molar-refractivity contribution in [3.05, 3.63) is 47.9 Å². The third-order valence-corrected chi connectivity index (χ3v) is 5.05. The van der Waals surface area contributed by atoms with E-state index in [0.717, 1.165) is 41.3 Å². The van der Waals surface area contributed by atoms with Gasteiger partial charge in [0.2, 0.25) is 0 Å². The van der Waals surface area contributed by atoms with Crippen molar-refractivity contribution in [3.8, 4) is 0 Å². The molecule has 1 aromatic carbocycles. The van der Waals surface area contributed by atoms with Crippen LogP contribution in [0.1, 0.15) is 45.6 Å². The Bertz CT molecular complexity index is 901. The standard InChI is InChI=1S/C21H23FN2O2/c1-21(2,3)26-20(25)24-15-5-6-16(24)11-13(10-15)17-8-9-23-19-7-4-14(22)12-18(17)19/h4,7-10,12,15-16H,5-6,11H2,1-3H3. The van der Waals surface area contributed by atoms with Gasteiger partial charge in [-0.25, -0.2) is 9.18 Å². The normalized spacial score (nSPS) is 22.5. The lowest BCUT2D eigenvalue weighted by Gasteiger charge is -2.35. The fraction of sp³-hybridized carbons (Fsp3) is 0.429. The van der Waals surface area contributed by atoms with E-state index in [0.29, 0.717) is 0 Å². The van der Waals surface area contributed by atoms with Crippen molar-refractivity contribution in [2.45, 2.75) is 57.7 Å². The van der Waals surface area contributed by atoms with Gasteiger partial charge in [-0.1, -0.05) is 6.08 Å². The summed E-state index contributed by atoms with van der Waals surface area (Å²) in [5.41, 5.74) is 2.46. The van der Waals surface area contributed by atoms with Gasteiger partial charge in [0.25, 0.3) is 0 Å². The molecule has 2 aliphatic heterocycles. The first kappa shape index (κ1) is 17.0. The number of fused-ring (bicyclic) bond motifs is 3. The molecule has 0 spiro atoms. The molecule has 5 heteroatoms. The van der Waals surface area contributed by atoms with E-state index in [1.54, 1.807) is 18.3 Å². The summed E-state index contributed by atoms with van der Waals surface area (Å²) >= 11 is 0. The van der Waals surface area contributed by atoms with E-state index in [2.05, 4.69) is 11.1 Å². The second-order valence-corrected chi connectivity index (χ2v) is 8.10. The molecule has 136 valence electrons. The molecule has 4 nitrogen and oxygen atoms in total. The van der Waals surface area contributed by atoms with Crippen molar-refractivity contribution in [1.29, 1.82) is 0 Å². The van der Waals surface area contributed by atoms with Crippen LogP contribution in [-0.4, -0.2) is 33.7 Å². The molecule has 1 amide bonds. The molecular formula is C21H23FN2O2. The number of hydrogen-bond acceptors (Lipinski definition) is 3. The molecule has 0 N–H and O–H groups in total. The fourth-order valence-electron chi connectivity index (χ4n) is 4.03. The maximum Gasteiger partial charge on any atom is 0.411 e. The van der Waals surface area contributed by atoms with E-state index in [4.69, 9.17) is 4.74 Å². The van der Waals surface area contributed by atoms with E-state index in [1.165, 1.54) is 6.07 Å². The first-order valence-electron chi connectivity index (χ1n) is 9.08. The fourth-order valence-corrected chi connectivity index (χ4v) is 4.03. The number of hydrogen-bond donors (Lipinski definition) is 0. The first-order chi connectivity index (χ1) is 12.3. The zero-order valence-corrected chi connectivity index (χ0v) is 15.3. The third-order valence-electron chi connectivity index (χ3n) is 5.05. The maximum atomic E-state index is 13.8. The third kappa shape index (κ3) is 3.06. The van der Waals surface area contributed by atoms with Crippen LogP contribution in [0.3, 0.4) is 0 Å². The molecule has 26 heavy (non-hydrogen) atoms. The number of pyridine rings is 1. The average molecular weight is 354 g/mol. The van der Waals surface area contributed by atoms with Crippen molar-refractivity contribution < 1.29 is 13.9 Å². The van der Waals surface area contributed by atoms with Gasteiger partial charge in [-0.2, -0.15) is 0 Å². The van der Waals surface area contributed by atoms with Crippen molar-refractivity contribution in [3.63, 3.8) is 0 Å². The molecule has 0 saturated carbocycles. The smallest absolute Gasteiger partial charge is 0.411 e. The van der Waals surface area contributed by atoms with Gasteiger partial charge in [0.15, 0.2) is 0 Å². The van der Waals surface area contributed by atoms with Crippen LogP contribution in [0.5, 0.6) is 0 Å². The molecule has 2 unspecified atom stereocenters. The highest BCUT2D eigenvalue weighted by Gasteiger charge is 2.41. The lowest BCUT2D eigenvalue weighted by molar-refractivity contribution is 0.0175. The van der Waals surface area contributed by atoms with Gasteiger partial charge in [0.1, 0.15) is 11.4 Å². The highest BCUT2D eigenvalue weighted by molar-refractivity contribution is 5.92. The summed E-state index contributed by atoms with van der Waals surface area (Å²) in [6.07, 6.45) is 6.31. The SMILES string of the molecule is CC(C)(C)OC(=O)N1C2C=C(c3ccnc4ccc(F)cc34)CC1CC2. The number of benzene rings is 1. The van der Waals surface area contributed by atoms with Crippen molar-refractivity contribution in [2.75, 3.05) is 0 Å². The summed E-state index contributed by atoms with van der Waals surface area (Å²) in [6, 6.07) is 6.79. The first-order valence-corrected chi connectivity index (χ1v) is 9.08. The molecule has 2 bridgehead atoms. The van der Waals surface area contributed by atoms with Crippen LogP contribution < -0.4 is 0 Å². The van der Waals surface area contributed by atoms with Crippen LogP contribution in [-0.2, 0) is 4.74 Å². The molecule has 2 aromatic rings. The zero-order chi connectivity index (χ0) is 18.5. The Morgan fingerprint density at radius 1 is 1.27 bits per heavy atom. The molecule has 1 saturated heterocycles. The molecule has 3 heterocycles. The monoisotopic (exact) mass is 354 g/mol. The Kier molecular flexibility index (Phi) is 3.98. The number of amides is 1. The molecule has 0 radical (unpaired) electrons. The molecule has 0 aliphatic carbocycles. The van der Waals surface area contributed by atoms with E-state index in [9.17, 15) is 9.18 Å². The number of carbonyl (C=O) groups is 1. The summed E-state index contributed by atoms with van der Waals surface area (Å²) in [5, 5.41) is 0.823. The van der Waals surface area contributed by atoms with E-state index < -0.39 is 5.60 Å². The van der Waals surface area contributed by atoms with Gasteiger partial charge < -0.3 is 4.74 Å². The minimum Gasteiger partial charge on any atom is -0.444 e. The Morgan fingerprint density at radius 2 is 2.08 bits per heavy atom. The van der Waals surface area contributed by atoms with Gasteiger partial charge in [-0.15, -0.1) is 0 Å². The van der Waals surface area contributed by atoms with Crippen LogP contribution >= 0.6 is 0 Å². The summed E-state index contributed by atoms with van der Waals surface area (Å²) < 4.78 is 19.3. The largest absolute Gasteiger partial charge is 0.444 e. The number of carbonyl (C=O) groups excluding carboxylic acids is 1. The van der Waals surface area contributed by atoms with Gasteiger partial charge in [-0.3, -0.25) is 9.88 Å². The van der Waals surface area contributed by atoms with E-state index in [1.807, 2.05) is 31.7 Å². The van der Waals surface area contributed by atoms with Gasteiger partial charge in [0.05, 0.1) is 11.6 Å². The average Bonchev–Trinajstić information content (AvgIpc) is 2.83. The van der Waals surface area contributed by atoms with Crippen molar-refractivity contribution in [1.82, 2.24) is 9.88 Å². The second-order valence-electron chi connectivity index (χ2n) is 8.10. The summed E-state index contributed by atoms with van der Waals surface area (Å²) in [4.78, 5) is 18.8. The van der Waals surface area contributed by atoms with Crippen LogP contribution in [0, 0.1) is 5.82 Å². The number of aromatic nitrogens is 1. The molecule has 4 rings (SSSR count). The minimum absolute atomic E-state index is 0.0374. The number of rotatable bonds is 1. The van der Waals surface area contributed by atoms with Crippen LogP contribution in [0.25, 0.3) is 16.5 Å². The quantitative estimate of drug-likeness (QED) is 0.729. The summed E-state index contributed by atoms with van der Waals surface area (Å²) in [6.45, 7) is 5.65. The molecule has 1 fully saturated rings. The Labute approximate surface area is 152 Å². The summed E-state index contributed by atoms with van der Waals surface area (Å²) in [5.74, 6) is -0.262. The van der Waals surface area contributed by atoms with Crippen LogP contribution in [0.15, 0.2) is 36.5 Å². The van der Waals surface area contributed by atoms with Gasteiger partial charge in [0, 0.05) is 17.6 Å². The predicted octanol–water partition coefficient (Wildman–Crippen LogP) is 4.93. The molecule has 2 atom stereocenters. The summed E-state index contributed by atoms with van der Waals surface area (Å²) in [7, 11) is 0. The van der Waals surface area contributed by atoms with Gasteiger partial charge >= 0.3 is 6.09 Å². The van der Waals surface area contributed by atoms with Crippen molar-refractivity contribution in [2.24, 2.45) is 0 Å². The Morgan fingerprint density at radius 3 is 2.81 bits per heavy atom. The van der Waals surface area contributed by atoms with Crippen LogP contribution in [0.4, 0.5) is 9.18 Å².